The Kier molecular flexibility index (Phi) is 20.6. The average Bonchev–Trinajstić information content (AvgIpc) is 3.66. The van der Waals surface area contributed by atoms with E-state index in [-0.39, 0.29) is 44.4 Å². The molecule has 8 aromatic carbocycles. The number of nitrogens with one attached hydrogen (secondary N) is 4. The van der Waals surface area contributed by atoms with Gasteiger partial charge < -0.3 is 50.1 Å². The van der Waals surface area contributed by atoms with Crippen molar-refractivity contribution in [1.82, 2.24) is 10.6 Å². The van der Waals surface area contributed by atoms with Crippen LogP contribution in [0.2, 0.25) is 0 Å². The molecule has 0 atom stereocenters. The minimum Gasteiger partial charge on any atom is -0.508 e. The summed E-state index contributed by atoms with van der Waals surface area (Å²) >= 11 is 18.8. The summed E-state index contributed by atoms with van der Waals surface area (Å²) in [5, 5.41) is 21.0. The van der Waals surface area contributed by atoms with Crippen LogP contribution in [0.15, 0.2) is 182 Å². The van der Waals surface area contributed by atoms with Crippen molar-refractivity contribution < 1.29 is 48.0 Å². The van der Waals surface area contributed by atoms with Gasteiger partial charge in [0, 0.05) is 24.2 Å². The van der Waals surface area contributed by atoms with E-state index >= 15 is 0 Å². The number of benzene rings is 8. The molecule has 0 saturated carbocycles. The molecule has 0 fully saturated rings. The quantitative estimate of drug-likeness (QED) is 0.0617. The number of halogens is 5. The number of phenolic OH excluding ortho intramolecular Hbond substituents is 1. The highest BCUT2D eigenvalue weighted by molar-refractivity contribution is 9.69. The first kappa shape index (κ1) is 56.3. The molecule has 0 radical (unpaired) electrons. The fraction of sp³-hybridized carbons (Fsp3) is 0.0714. The molecule has 386 valence electrons. The fourth-order valence-electron chi connectivity index (χ4n) is 7.26. The van der Waals surface area contributed by atoms with Crippen LogP contribution >= 0.6 is 70.5 Å². The van der Waals surface area contributed by atoms with E-state index in [0.717, 1.165) is 16.9 Å². The van der Waals surface area contributed by atoms with Gasteiger partial charge in [-0.3, -0.25) is 19.2 Å². The van der Waals surface area contributed by atoms with Crippen LogP contribution in [-0.4, -0.2) is 44.4 Å². The number of aromatic hydroxyl groups is 1. The van der Waals surface area contributed by atoms with E-state index in [9.17, 15) is 24.3 Å². The molecule has 8 aromatic rings. The number of carbonyl (C=O) groups excluding carboxylic acids is 4. The number of carbonyl (C=O) groups is 4. The van der Waals surface area contributed by atoms with Gasteiger partial charge in [0.25, 0.3) is 23.6 Å². The molecule has 10 rings (SSSR count). The van der Waals surface area contributed by atoms with Gasteiger partial charge in [0.15, 0.2) is 11.5 Å². The topological polar surface area (TPSA) is 183 Å². The number of rotatable bonds is 11. The van der Waals surface area contributed by atoms with Crippen LogP contribution in [-0.2, 0) is 13.1 Å². The Balaban J connectivity index is 0.000000197. The number of para-hydroxylation sites is 2. The number of amides is 4. The summed E-state index contributed by atoms with van der Waals surface area (Å²) in [6.07, 6.45) is 0. The zero-order chi connectivity index (χ0) is 54.0. The molecule has 5 N–H and O–H groups in total. The van der Waals surface area contributed by atoms with Crippen molar-refractivity contribution in [1.29, 1.82) is 0 Å². The standard InChI is InChI=1S/C28H22N2O5.C27H20N2O5.CH2Cl2.BBr3/c1-33-20-10-12-21(13-11-20)34-22-6-4-5-18(15-22)17-29-27(31)19-9-14-26-24(16-19)30-28(32)23-7-2-3-8-25(23)35-26;30-19-9-11-20(12-10-19)33-21-5-3-4-17(14-21)16-28-26(31)18-8-13-25-23(15-18)29-27(32)22-6-1-2-7-24(22)34-25;2-1-3;2-1(3)4/h2-16H,17H2,1H3,(H,29,31)(H,30,32);1-15,30H,16H2,(H,28,31)(H,29,32);1H2;. The lowest BCUT2D eigenvalue weighted by atomic mass is 10.1. The van der Waals surface area contributed by atoms with E-state index < -0.39 is 0 Å². The summed E-state index contributed by atoms with van der Waals surface area (Å²) < 4.78 is 28.9. The Morgan fingerprint density at radius 1 is 0.526 bits per heavy atom. The Labute approximate surface area is 473 Å². The highest BCUT2D eigenvalue weighted by Gasteiger charge is 2.23. The lowest BCUT2D eigenvalue weighted by molar-refractivity contribution is 0.0943. The van der Waals surface area contributed by atoms with Crippen molar-refractivity contribution >= 4 is 109 Å². The normalized spacial score (nSPS) is 11.3. The number of hydrogen-bond acceptors (Lipinski definition) is 10. The van der Waals surface area contributed by atoms with Crippen LogP contribution in [0.5, 0.6) is 57.5 Å². The fourth-order valence-corrected chi connectivity index (χ4v) is 7.26. The minimum absolute atomic E-state index is 0.164. The Morgan fingerprint density at radius 3 is 1.34 bits per heavy atom. The molecular weight excluding hydrogens is 1210 g/mol. The second-order valence-electron chi connectivity index (χ2n) is 15.9. The number of hydrogen-bond donors (Lipinski definition) is 5. The van der Waals surface area contributed by atoms with Gasteiger partial charge in [0.2, 0.25) is 0 Å². The predicted octanol–water partition coefficient (Wildman–Crippen LogP) is 14.8. The van der Waals surface area contributed by atoms with Crippen LogP contribution in [0.25, 0.3) is 0 Å². The number of alkyl halides is 2. The van der Waals surface area contributed by atoms with E-state index in [4.69, 9.17) is 46.9 Å². The molecule has 0 unspecified atom stereocenters. The third kappa shape index (κ3) is 16.3. The van der Waals surface area contributed by atoms with E-state index in [0.29, 0.717) is 86.2 Å². The lowest BCUT2D eigenvalue weighted by Crippen LogP contribution is -2.23. The molecule has 2 heterocycles. The number of anilines is 2. The third-order valence-electron chi connectivity index (χ3n) is 10.8. The van der Waals surface area contributed by atoms with Crippen molar-refractivity contribution in [2.24, 2.45) is 0 Å². The van der Waals surface area contributed by atoms with Crippen LogP contribution in [0, 0.1) is 0 Å². The second kappa shape index (κ2) is 27.9. The lowest BCUT2D eigenvalue weighted by Gasteiger charge is -2.11. The summed E-state index contributed by atoms with van der Waals surface area (Å²) in [4.78, 5) is 50.7. The van der Waals surface area contributed by atoms with Crippen molar-refractivity contribution in [2.45, 2.75) is 13.1 Å². The minimum atomic E-state index is -0.294. The molecule has 4 amide bonds. The zero-order valence-corrected chi connectivity index (χ0v) is 46.3. The van der Waals surface area contributed by atoms with Gasteiger partial charge in [0.1, 0.15) is 46.0 Å². The van der Waals surface area contributed by atoms with Gasteiger partial charge in [-0.15, -0.1) is 70.5 Å². The van der Waals surface area contributed by atoms with Gasteiger partial charge in [-0.25, -0.2) is 0 Å². The second-order valence-corrected chi connectivity index (χ2v) is 23.2. The summed E-state index contributed by atoms with van der Waals surface area (Å²) in [5.41, 5.74) is 4.27. The molecule has 2 aliphatic heterocycles. The summed E-state index contributed by atoms with van der Waals surface area (Å²) in [7, 11) is 1.61. The molecule has 76 heavy (non-hydrogen) atoms. The molecule has 20 heteroatoms. The maximum absolute atomic E-state index is 12.8. The molecule has 14 nitrogen and oxygen atoms in total. The number of fused-ring (bicyclic) bond motifs is 4. The Bertz CT molecular complexity index is 3320. The average molecular weight is 1250 g/mol. The van der Waals surface area contributed by atoms with Crippen LogP contribution in [0.4, 0.5) is 11.4 Å². The Morgan fingerprint density at radius 2 is 0.921 bits per heavy atom. The molecule has 0 bridgehead atoms. The summed E-state index contributed by atoms with van der Waals surface area (Å²) in [5.74, 6) is 4.20. The van der Waals surface area contributed by atoms with E-state index in [2.05, 4.69) is 68.5 Å². The van der Waals surface area contributed by atoms with Gasteiger partial charge in [0.05, 0.1) is 35.0 Å². The SMILES string of the molecule is BrB(Br)Br.COc1ccc(Oc2cccc(CNC(=O)c3ccc4c(c3)NC(=O)c3ccccc3O4)c2)cc1.ClCCl.O=C(NCc1cccc(Oc2ccc(O)cc2)c1)c1ccc2c(c1)NC(=O)c1ccccc1O2. The maximum Gasteiger partial charge on any atom is 0.369 e. The van der Waals surface area contributed by atoms with E-state index in [1.54, 1.807) is 116 Å². The first-order valence-electron chi connectivity index (χ1n) is 22.8. The number of ether oxygens (including phenoxy) is 5. The summed E-state index contributed by atoms with van der Waals surface area (Å²) in [6, 6.07) is 52.4. The van der Waals surface area contributed by atoms with E-state index in [1.165, 1.54) is 0 Å². The first-order valence-corrected chi connectivity index (χ1v) is 26.6. The van der Waals surface area contributed by atoms with E-state index in [1.807, 2.05) is 72.8 Å². The smallest absolute Gasteiger partial charge is 0.369 e. The molecule has 2 aliphatic rings. The first-order chi connectivity index (χ1) is 36.8. The van der Waals surface area contributed by atoms with Crippen LogP contribution < -0.4 is 45.0 Å². The molecule has 0 spiro atoms. The van der Waals surface area contributed by atoms with Gasteiger partial charge in [-0.2, -0.15) is 0 Å². The molecule has 0 aliphatic carbocycles. The molecule has 0 aromatic heterocycles. The van der Waals surface area contributed by atoms with Crippen molar-refractivity contribution in [2.75, 3.05) is 23.1 Å². The highest BCUT2D eigenvalue weighted by Crippen LogP contribution is 2.38. The zero-order valence-electron chi connectivity index (χ0n) is 40.0. The number of methoxy groups -OCH3 is 1. The monoisotopic (exact) mass is 1250 g/mol. The maximum atomic E-state index is 12.8. The molecular formula is C56H44BBr3Cl2N4O10. The Hall–Kier alpha value is -7.48. The van der Waals surface area contributed by atoms with Crippen molar-refractivity contribution in [3.05, 3.63) is 215 Å². The predicted molar refractivity (Wildman–Crippen MR) is 307 cm³/mol. The highest BCUT2D eigenvalue weighted by atomic mass is 79.9. The third-order valence-corrected chi connectivity index (χ3v) is 10.8. The van der Waals surface area contributed by atoms with Gasteiger partial charge in [-0.1, -0.05) is 48.5 Å². The summed E-state index contributed by atoms with van der Waals surface area (Å²) in [6.45, 7) is 0.598. The van der Waals surface area contributed by atoms with Gasteiger partial charge >= 0.3 is 3.18 Å². The van der Waals surface area contributed by atoms with Crippen LogP contribution in [0.1, 0.15) is 52.6 Å². The van der Waals surface area contributed by atoms with Crippen molar-refractivity contribution in [3.63, 3.8) is 0 Å². The largest absolute Gasteiger partial charge is 0.508 e. The number of phenols is 1. The van der Waals surface area contributed by atoms with Crippen molar-refractivity contribution in [3.8, 4) is 57.5 Å². The van der Waals surface area contributed by atoms with Gasteiger partial charge in [-0.05, 0) is 145 Å². The molecule has 0 saturated heterocycles. The van der Waals surface area contributed by atoms with Crippen LogP contribution in [0.3, 0.4) is 0 Å².